The van der Waals surface area contributed by atoms with Crippen LogP contribution in [0.25, 0.3) is 0 Å². The van der Waals surface area contributed by atoms with Gasteiger partial charge in [-0.1, -0.05) is 6.07 Å². The Morgan fingerprint density at radius 1 is 1.33 bits per heavy atom. The van der Waals surface area contributed by atoms with Gasteiger partial charge in [-0.25, -0.2) is 4.79 Å². The average Bonchev–Trinajstić information content (AvgIpc) is 3.14. The lowest BCUT2D eigenvalue weighted by atomic mass is 10.1. The number of furan rings is 1. The Morgan fingerprint density at radius 3 is 3.08 bits per heavy atom. The van der Waals surface area contributed by atoms with Gasteiger partial charge in [0.1, 0.15) is 11.9 Å². The lowest BCUT2D eigenvalue weighted by Crippen LogP contribution is -2.52. The molecule has 3 heterocycles. The van der Waals surface area contributed by atoms with Crippen LogP contribution in [0, 0.1) is 0 Å². The Hall–Kier alpha value is -2.38. The molecule has 7 heteroatoms. The molecule has 0 aromatic carbocycles. The minimum absolute atomic E-state index is 0.0981. The van der Waals surface area contributed by atoms with Crippen molar-refractivity contribution in [3.8, 4) is 0 Å². The number of nitrogens with one attached hydrogen (secondary N) is 2. The van der Waals surface area contributed by atoms with Gasteiger partial charge in [0.15, 0.2) is 0 Å². The van der Waals surface area contributed by atoms with Gasteiger partial charge in [-0.2, -0.15) is 0 Å². The molecule has 128 valence electrons. The Balaban J connectivity index is 1.47. The van der Waals surface area contributed by atoms with Crippen molar-refractivity contribution in [2.24, 2.45) is 0 Å². The molecule has 24 heavy (non-hydrogen) atoms. The Kier molecular flexibility index (Phi) is 5.81. The van der Waals surface area contributed by atoms with Gasteiger partial charge in [-0.3, -0.25) is 4.98 Å². The van der Waals surface area contributed by atoms with Gasteiger partial charge in [-0.05, 0) is 30.7 Å². The third kappa shape index (κ3) is 4.81. The number of nitrogens with zero attached hydrogens (tertiary/aromatic N) is 1. The fourth-order valence-electron chi connectivity index (χ4n) is 2.52. The van der Waals surface area contributed by atoms with E-state index in [1.54, 1.807) is 18.5 Å². The largest absolute Gasteiger partial charge is 0.467 e. The summed E-state index contributed by atoms with van der Waals surface area (Å²) in [5.41, 5.74) is 0.851. The summed E-state index contributed by atoms with van der Waals surface area (Å²) in [6.45, 7) is 1.80. The molecule has 0 aliphatic carbocycles. The predicted octanol–water partition coefficient (Wildman–Crippen LogP) is 1.85. The van der Waals surface area contributed by atoms with Gasteiger partial charge < -0.3 is 24.5 Å². The van der Waals surface area contributed by atoms with Crippen molar-refractivity contribution in [1.29, 1.82) is 0 Å². The van der Waals surface area contributed by atoms with E-state index in [2.05, 4.69) is 15.6 Å². The molecule has 2 atom stereocenters. The highest BCUT2D eigenvalue weighted by Crippen LogP contribution is 2.13. The van der Waals surface area contributed by atoms with Crippen molar-refractivity contribution >= 4 is 6.03 Å². The van der Waals surface area contributed by atoms with E-state index in [-0.39, 0.29) is 18.2 Å². The molecule has 0 radical (unpaired) electrons. The van der Waals surface area contributed by atoms with E-state index < -0.39 is 0 Å². The number of rotatable bonds is 6. The van der Waals surface area contributed by atoms with Crippen LogP contribution in [0.4, 0.5) is 4.79 Å². The Bertz CT molecular complexity index is 618. The molecular formula is C17H21N3O4. The quantitative estimate of drug-likeness (QED) is 0.844. The van der Waals surface area contributed by atoms with Crippen LogP contribution in [0.1, 0.15) is 17.9 Å². The first kappa shape index (κ1) is 16.5. The zero-order valence-electron chi connectivity index (χ0n) is 13.3. The summed E-state index contributed by atoms with van der Waals surface area (Å²) in [5, 5.41) is 5.72. The zero-order valence-corrected chi connectivity index (χ0v) is 13.3. The van der Waals surface area contributed by atoms with E-state index in [0.29, 0.717) is 38.5 Å². The van der Waals surface area contributed by atoms with Crippen LogP contribution in [-0.4, -0.2) is 36.4 Å². The van der Waals surface area contributed by atoms with Gasteiger partial charge >= 0.3 is 6.03 Å². The summed E-state index contributed by atoms with van der Waals surface area (Å²) in [6, 6.07) is 8.94. The second kappa shape index (κ2) is 8.47. The zero-order chi connectivity index (χ0) is 16.6. The fraction of sp³-hybridized carbons (Fsp3) is 0.412. The van der Waals surface area contributed by atoms with Crippen LogP contribution in [0.5, 0.6) is 0 Å². The van der Waals surface area contributed by atoms with Gasteiger partial charge in [0.25, 0.3) is 0 Å². The Morgan fingerprint density at radius 2 is 2.29 bits per heavy atom. The monoisotopic (exact) mass is 331 g/mol. The van der Waals surface area contributed by atoms with Crippen molar-refractivity contribution in [2.45, 2.75) is 31.7 Å². The summed E-state index contributed by atoms with van der Waals surface area (Å²) in [5.74, 6) is 0.708. The van der Waals surface area contributed by atoms with E-state index in [1.807, 2.05) is 24.3 Å². The molecule has 1 saturated heterocycles. The maximum absolute atomic E-state index is 12.1. The molecule has 1 aliphatic heterocycles. The third-order valence-electron chi connectivity index (χ3n) is 3.80. The van der Waals surface area contributed by atoms with Crippen LogP contribution in [0.15, 0.2) is 47.2 Å². The summed E-state index contributed by atoms with van der Waals surface area (Å²) in [6.07, 6.45) is 3.82. The smallest absolute Gasteiger partial charge is 0.315 e. The molecular weight excluding hydrogens is 310 g/mol. The van der Waals surface area contributed by atoms with Crippen LogP contribution in [0.2, 0.25) is 0 Å². The normalized spacial score (nSPS) is 20.5. The van der Waals surface area contributed by atoms with Crippen LogP contribution >= 0.6 is 0 Å². The molecule has 0 unspecified atom stereocenters. The number of ether oxygens (including phenoxy) is 2. The van der Waals surface area contributed by atoms with Gasteiger partial charge in [0.05, 0.1) is 37.8 Å². The van der Waals surface area contributed by atoms with Crippen molar-refractivity contribution < 1.29 is 18.7 Å². The minimum atomic E-state index is -0.246. The van der Waals surface area contributed by atoms with Gasteiger partial charge in [-0.15, -0.1) is 0 Å². The van der Waals surface area contributed by atoms with Gasteiger partial charge in [0.2, 0.25) is 0 Å². The molecule has 1 fully saturated rings. The summed E-state index contributed by atoms with van der Waals surface area (Å²) in [7, 11) is 0. The highest BCUT2D eigenvalue weighted by atomic mass is 16.5. The third-order valence-corrected chi connectivity index (χ3v) is 3.80. The SMILES string of the molecule is O=C(NCc1ccco1)N[C@@H]1CCOC[C@H]1OCc1ccccn1. The molecule has 1 aliphatic rings. The van der Waals surface area contributed by atoms with Crippen molar-refractivity contribution in [1.82, 2.24) is 15.6 Å². The highest BCUT2D eigenvalue weighted by molar-refractivity contribution is 5.74. The molecule has 0 spiro atoms. The number of hydrogen-bond donors (Lipinski definition) is 2. The average molecular weight is 331 g/mol. The molecule has 2 N–H and O–H groups in total. The number of aromatic nitrogens is 1. The Labute approximate surface area is 140 Å². The lowest BCUT2D eigenvalue weighted by Gasteiger charge is -2.32. The number of amides is 2. The first-order valence-corrected chi connectivity index (χ1v) is 7.97. The molecule has 7 nitrogen and oxygen atoms in total. The fourth-order valence-corrected chi connectivity index (χ4v) is 2.52. The van der Waals surface area contributed by atoms with Crippen LogP contribution in [-0.2, 0) is 22.6 Å². The second-order valence-corrected chi connectivity index (χ2v) is 5.55. The molecule has 0 bridgehead atoms. The summed E-state index contributed by atoms with van der Waals surface area (Å²) >= 11 is 0. The first-order valence-electron chi connectivity index (χ1n) is 7.97. The van der Waals surface area contributed by atoms with E-state index in [9.17, 15) is 4.79 Å². The molecule has 0 saturated carbocycles. The number of pyridine rings is 1. The molecule has 2 aromatic rings. The van der Waals surface area contributed by atoms with E-state index >= 15 is 0 Å². The maximum atomic E-state index is 12.1. The first-order chi connectivity index (χ1) is 11.8. The van der Waals surface area contributed by atoms with Crippen molar-refractivity contribution in [3.05, 3.63) is 54.2 Å². The number of urea groups is 1. The van der Waals surface area contributed by atoms with Crippen molar-refractivity contribution in [2.75, 3.05) is 13.2 Å². The molecule has 2 aromatic heterocycles. The topological polar surface area (TPSA) is 85.6 Å². The summed E-state index contributed by atoms with van der Waals surface area (Å²) < 4.78 is 16.5. The van der Waals surface area contributed by atoms with E-state index in [1.165, 1.54) is 0 Å². The number of carbonyl (C=O) groups is 1. The lowest BCUT2D eigenvalue weighted by molar-refractivity contribution is -0.0737. The second-order valence-electron chi connectivity index (χ2n) is 5.55. The standard InChI is InChI=1S/C17H21N3O4/c21-17(19-10-14-5-3-8-23-14)20-15-6-9-22-12-16(15)24-11-13-4-1-2-7-18-13/h1-5,7-8,15-16H,6,9-12H2,(H2,19,20,21)/t15-,16-/m1/s1. The van der Waals surface area contributed by atoms with Crippen LogP contribution < -0.4 is 10.6 Å². The molecule has 2 amide bonds. The molecule has 3 rings (SSSR count). The highest BCUT2D eigenvalue weighted by Gasteiger charge is 2.28. The van der Waals surface area contributed by atoms with Gasteiger partial charge in [0, 0.05) is 12.8 Å². The maximum Gasteiger partial charge on any atom is 0.315 e. The van der Waals surface area contributed by atoms with Crippen molar-refractivity contribution in [3.63, 3.8) is 0 Å². The van der Waals surface area contributed by atoms with E-state index in [0.717, 1.165) is 5.69 Å². The number of carbonyl (C=O) groups excluding carboxylic acids is 1. The van der Waals surface area contributed by atoms with Crippen LogP contribution in [0.3, 0.4) is 0 Å². The minimum Gasteiger partial charge on any atom is -0.467 e. The summed E-state index contributed by atoms with van der Waals surface area (Å²) in [4.78, 5) is 16.3. The number of hydrogen-bond acceptors (Lipinski definition) is 5. The van der Waals surface area contributed by atoms with E-state index in [4.69, 9.17) is 13.9 Å². The predicted molar refractivity (Wildman–Crippen MR) is 86.1 cm³/mol.